The number of hydrogen-bond donors (Lipinski definition) is 0. The van der Waals surface area contributed by atoms with Crippen LogP contribution in [0.1, 0.15) is 13.8 Å². The summed E-state index contributed by atoms with van der Waals surface area (Å²) in [5.74, 6) is 0. The summed E-state index contributed by atoms with van der Waals surface area (Å²) in [7, 11) is 0. The minimum absolute atomic E-state index is 0.294. The highest BCUT2D eigenvalue weighted by atomic mass is 16.7. The molecule has 0 radical (unpaired) electrons. The number of para-hydroxylation sites is 2. The minimum Gasteiger partial charge on any atom is -0.410 e. The fourth-order valence-corrected chi connectivity index (χ4v) is 1.71. The third-order valence-corrected chi connectivity index (χ3v) is 2.39. The first-order chi connectivity index (χ1) is 8.70. The van der Waals surface area contributed by atoms with Gasteiger partial charge in [-0.05, 0) is 26.0 Å². The highest BCUT2D eigenvalue weighted by molar-refractivity contribution is 5.74. The molecule has 0 aliphatic heterocycles. The van der Waals surface area contributed by atoms with Crippen molar-refractivity contribution in [2.75, 3.05) is 13.2 Å². The first-order valence-electron chi connectivity index (χ1n) is 5.74. The molecule has 1 aromatic carbocycles. The molecule has 2 aromatic rings. The van der Waals surface area contributed by atoms with Crippen molar-refractivity contribution in [3.8, 4) is 0 Å². The maximum atomic E-state index is 11.9. The average molecular weight is 250 g/mol. The van der Waals surface area contributed by atoms with Crippen LogP contribution in [0.3, 0.4) is 0 Å². The number of nitrogens with zero attached hydrogens (tertiary/aromatic N) is 2. The van der Waals surface area contributed by atoms with Gasteiger partial charge in [0, 0.05) is 0 Å². The quantitative estimate of drug-likeness (QED) is 0.720. The Kier molecular flexibility index (Phi) is 3.36. The zero-order valence-electron chi connectivity index (χ0n) is 10.3. The molecule has 0 aliphatic carbocycles. The molecule has 1 heterocycles. The molecule has 6 nitrogen and oxygen atoms in total. The number of aromatic nitrogens is 2. The Balaban J connectivity index is 2.88. The lowest BCUT2D eigenvalue weighted by atomic mass is 10.3. The van der Waals surface area contributed by atoms with E-state index in [1.54, 1.807) is 38.1 Å². The Hall–Kier alpha value is -2.24. The molecule has 0 fully saturated rings. The van der Waals surface area contributed by atoms with Gasteiger partial charge >= 0.3 is 11.1 Å². The van der Waals surface area contributed by atoms with E-state index in [1.807, 2.05) is 0 Å². The maximum absolute atomic E-state index is 11.9. The SMILES string of the molecule is CCOn1c(=O)c(=O)n(OCC)c2ccccc21. The number of benzene rings is 1. The average Bonchev–Trinajstić information content (AvgIpc) is 2.40. The van der Waals surface area contributed by atoms with E-state index in [1.165, 1.54) is 0 Å². The van der Waals surface area contributed by atoms with E-state index in [-0.39, 0.29) is 0 Å². The van der Waals surface area contributed by atoms with Crippen LogP contribution in [-0.2, 0) is 0 Å². The summed E-state index contributed by atoms with van der Waals surface area (Å²) in [6.07, 6.45) is 0. The van der Waals surface area contributed by atoms with E-state index in [0.717, 1.165) is 9.46 Å². The molecule has 1 aromatic heterocycles. The highest BCUT2D eigenvalue weighted by Gasteiger charge is 2.13. The molecular formula is C12H14N2O4. The molecule has 0 saturated carbocycles. The summed E-state index contributed by atoms with van der Waals surface area (Å²) in [6, 6.07) is 6.92. The van der Waals surface area contributed by atoms with Crippen molar-refractivity contribution in [1.29, 1.82) is 0 Å². The van der Waals surface area contributed by atoms with E-state index < -0.39 is 11.1 Å². The Morgan fingerprint density at radius 3 is 1.61 bits per heavy atom. The molecule has 6 heteroatoms. The minimum atomic E-state index is -0.760. The van der Waals surface area contributed by atoms with Crippen LogP contribution in [0, 0.1) is 0 Å². The van der Waals surface area contributed by atoms with Gasteiger partial charge in [0.05, 0.1) is 0 Å². The Morgan fingerprint density at radius 2 is 1.28 bits per heavy atom. The normalized spacial score (nSPS) is 10.6. The second kappa shape index (κ2) is 4.95. The van der Waals surface area contributed by atoms with Crippen LogP contribution in [0.5, 0.6) is 0 Å². The van der Waals surface area contributed by atoms with Crippen molar-refractivity contribution in [3.05, 3.63) is 45.0 Å². The molecule has 96 valence electrons. The van der Waals surface area contributed by atoms with Gasteiger partial charge in [-0.1, -0.05) is 12.1 Å². The van der Waals surface area contributed by atoms with Crippen LogP contribution < -0.4 is 20.8 Å². The van der Waals surface area contributed by atoms with E-state index in [4.69, 9.17) is 9.68 Å². The predicted octanol–water partition coefficient (Wildman–Crippen LogP) is 0.0602. The standard InChI is InChI=1S/C12H14N2O4/c1-3-17-13-9-7-5-6-8-10(9)14(18-4-2)12(16)11(13)15/h5-8H,3-4H2,1-2H3. The summed E-state index contributed by atoms with van der Waals surface area (Å²) in [5, 5.41) is 0. The summed E-state index contributed by atoms with van der Waals surface area (Å²) >= 11 is 0. The van der Waals surface area contributed by atoms with Gasteiger partial charge in [0.2, 0.25) is 0 Å². The van der Waals surface area contributed by atoms with Crippen LogP contribution in [0.2, 0.25) is 0 Å². The second-order valence-corrected chi connectivity index (χ2v) is 3.52. The summed E-state index contributed by atoms with van der Waals surface area (Å²) in [4.78, 5) is 34.2. The molecule has 0 atom stereocenters. The fourth-order valence-electron chi connectivity index (χ4n) is 1.71. The third kappa shape index (κ3) is 1.85. The van der Waals surface area contributed by atoms with Gasteiger partial charge in [-0.25, -0.2) is 0 Å². The molecule has 0 bridgehead atoms. The molecule has 0 spiro atoms. The van der Waals surface area contributed by atoms with Crippen molar-refractivity contribution in [3.63, 3.8) is 0 Å². The van der Waals surface area contributed by atoms with Crippen molar-refractivity contribution >= 4 is 11.0 Å². The zero-order valence-corrected chi connectivity index (χ0v) is 10.3. The van der Waals surface area contributed by atoms with Crippen molar-refractivity contribution in [2.45, 2.75) is 13.8 Å². The topological polar surface area (TPSA) is 62.5 Å². The van der Waals surface area contributed by atoms with E-state index in [0.29, 0.717) is 24.2 Å². The van der Waals surface area contributed by atoms with Gasteiger partial charge in [-0.2, -0.15) is 0 Å². The van der Waals surface area contributed by atoms with E-state index in [9.17, 15) is 9.59 Å². The summed E-state index contributed by atoms with van der Waals surface area (Å²) in [6.45, 7) is 4.08. The van der Waals surface area contributed by atoms with E-state index in [2.05, 4.69) is 0 Å². The summed E-state index contributed by atoms with van der Waals surface area (Å²) < 4.78 is 2.01. The van der Waals surface area contributed by atoms with Crippen molar-refractivity contribution in [2.24, 2.45) is 0 Å². The largest absolute Gasteiger partial charge is 0.410 e. The van der Waals surface area contributed by atoms with Crippen LogP contribution >= 0.6 is 0 Å². The lowest BCUT2D eigenvalue weighted by Crippen LogP contribution is -2.45. The van der Waals surface area contributed by atoms with Gasteiger partial charge in [0.25, 0.3) is 0 Å². The molecule has 0 unspecified atom stereocenters. The zero-order chi connectivity index (χ0) is 13.1. The van der Waals surface area contributed by atoms with Crippen molar-refractivity contribution < 1.29 is 9.68 Å². The Morgan fingerprint density at radius 1 is 0.889 bits per heavy atom. The van der Waals surface area contributed by atoms with Crippen LogP contribution in [0.15, 0.2) is 33.9 Å². The van der Waals surface area contributed by atoms with Gasteiger partial charge in [0.15, 0.2) is 0 Å². The van der Waals surface area contributed by atoms with E-state index >= 15 is 0 Å². The van der Waals surface area contributed by atoms with Crippen LogP contribution in [0.25, 0.3) is 11.0 Å². The highest BCUT2D eigenvalue weighted by Crippen LogP contribution is 2.08. The molecule has 2 rings (SSSR count). The molecule has 18 heavy (non-hydrogen) atoms. The van der Waals surface area contributed by atoms with Crippen LogP contribution in [0.4, 0.5) is 0 Å². The van der Waals surface area contributed by atoms with Crippen LogP contribution in [-0.4, -0.2) is 22.7 Å². The molecule has 0 amide bonds. The smallest absolute Gasteiger partial charge is 0.352 e. The number of fused-ring (bicyclic) bond motifs is 1. The molecular weight excluding hydrogens is 236 g/mol. The molecule has 0 saturated heterocycles. The Labute approximate surface area is 103 Å². The van der Waals surface area contributed by atoms with Gasteiger partial charge < -0.3 is 9.68 Å². The number of hydrogen-bond acceptors (Lipinski definition) is 4. The predicted molar refractivity (Wildman–Crippen MR) is 66.7 cm³/mol. The summed E-state index contributed by atoms with van der Waals surface area (Å²) in [5.41, 5.74) is -0.525. The first kappa shape index (κ1) is 12.2. The number of rotatable bonds is 4. The lowest BCUT2D eigenvalue weighted by molar-refractivity contribution is 0.0994. The third-order valence-electron chi connectivity index (χ3n) is 2.39. The lowest BCUT2D eigenvalue weighted by Gasteiger charge is -2.13. The van der Waals surface area contributed by atoms with Crippen molar-refractivity contribution in [1.82, 2.24) is 9.46 Å². The second-order valence-electron chi connectivity index (χ2n) is 3.52. The molecule has 0 aliphatic rings. The first-order valence-corrected chi connectivity index (χ1v) is 5.74. The Bertz CT molecular complexity index is 613. The molecule has 0 N–H and O–H groups in total. The fraction of sp³-hybridized carbons (Fsp3) is 0.333. The maximum Gasteiger partial charge on any atom is 0.352 e. The van der Waals surface area contributed by atoms with Gasteiger partial charge in [0.1, 0.15) is 24.2 Å². The monoisotopic (exact) mass is 250 g/mol. The van der Waals surface area contributed by atoms with Gasteiger partial charge in [-0.15, -0.1) is 9.46 Å². The van der Waals surface area contributed by atoms with Gasteiger partial charge in [-0.3, -0.25) is 9.59 Å².